The van der Waals surface area contributed by atoms with Gasteiger partial charge in [-0.2, -0.15) is 10.2 Å². The largest absolute Gasteiger partial charge is 0.505 e. The lowest BCUT2D eigenvalue weighted by atomic mass is 9.99. The maximum absolute atomic E-state index is 13.4. The molecule has 0 bridgehead atoms. The van der Waals surface area contributed by atoms with Crippen LogP contribution in [-0.2, 0) is 0 Å². The molecule has 10 aromatic rings. The van der Waals surface area contributed by atoms with Crippen LogP contribution in [0.4, 0.5) is 34.1 Å². The van der Waals surface area contributed by atoms with Gasteiger partial charge in [-0.05, 0) is 128 Å². The van der Waals surface area contributed by atoms with Crippen LogP contribution < -0.4 is 10.6 Å². The molecule has 0 radical (unpaired) electrons. The van der Waals surface area contributed by atoms with Crippen molar-refractivity contribution in [2.75, 3.05) is 10.6 Å². The summed E-state index contributed by atoms with van der Waals surface area (Å²) in [6.07, 6.45) is 15.6. The van der Waals surface area contributed by atoms with Crippen LogP contribution in [0.15, 0.2) is 251 Å². The standard InChI is InChI=1S/C62H44N6O4/c69-59-55(61(71)63-49-23-9-5-10-24-49)39-47-35-43-19-13-15-21-45(43)37-53(47)57(59)67-65-51-31-27-41(28-32-51)17-7-3-1-2-4-8-18-42-29-33-52(34-30-42)66-68-58-54-38-46-22-16-14-20-44(46)36-48(54)40-56(60(58)70)62(72)64-50-25-11-6-12-26-50/h1-40,69-70H,(H,63,71)(H,64,72)/b3-1+,4-2+,17-7+,18-8+,67-65?,68-66?. The first-order valence-electron chi connectivity index (χ1n) is 23.1. The van der Waals surface area contributed by atoms with Crippen molar-refractivity contribution in [3.63, 3.8) is 0 Å². The number of nitrogens with zero attached hydrogens (tertiary/aromatic N) is 4. The van der Waals surface area contributed by atoms with E-state index in [1.165, 1.54) is 0 Å². The molecule has 0 spiro atoms. The number of para-hydroxylation sites is 2. The van der Waals surface area contributed by atoms with Crippen molar-refractivity contribution in [1.29, 1.82) is 0 Å². The number of phenols is 2. The third-order valence-electron chi connectivity index (χ3n) is 11.9. The number of hydrogen-bond donors (Lipinski definition) is 4. The molecule has 10 nitrogen and oxygen atoms in total. The predicted molar refractivity (Wildman–Crippen MR) is 293 cm³/mol. The van der Waals surface area contributed by atoms with Crippen molar-refractivity contribution in [2.24, 2.45) is 20.5 Å². The number of anilines is 2. The lowest BCUT2D eigenvalue weighted by Gasteiger charge is -2.12. The number of hydrogen-bond acceptors (Lipinski definition) is 8. The number of rotatable bonds is 13. The van der Waals surface area contributed by atoms with Gasteiger partial charge >= 0.3 is 0 Å². The summed E-state index contributed by atoms with van der Waals surface area (Å²) >= 11 is 0. The topological polar surface area (TPSA) is 148 Å². The van der Waals surface area contributed by atoms with Gasteiger partial charge in [-0.25, -0.2) is 0 Å². The van der Waals surface area contributed by atoms with Crippen LogP contribution in [0.25, 0.3) is 55.2 Å². The highest BCUT2D eigenvalue weighted by atomic mass is 16.3. The number of aromatic hydroxyl groups is 2. The number of carbonyl (C=O) groups excluding carboxylic acids is 2. The Morgan fingerprint density at radius 2 is 0.708 bits per heavy atom. The first-order chi connectivity index (χ1) is 35.3. The summed E-state index contributed by atoms with van der Waals surface area (Å²) in [6.45, 7) is 0. The highest BCUT2D eigenvalue weighted by Gasteiger charge is 2.21. The number of amides is 2. The molecule has 0 aliphatic rings. The van der Waals surface area contributed by atoms with Crippen molar-refractivity contribution in [1.82, 2.24) is 0 Å². The fraction of sp³-hybridized carbons (Fsp3) is 0. The molecule has 10 rings (SSSR count). The van der Waals surface area contributed by atoms with E-state index >= 15 is 0 Å². The zero-order valence-electron chi connectivity index (χ0n) is 38.6. The van der Waals surface area contributed by atoms with Crippen LogP contribution in [-0.4, -0.2) is 22.0 Å². The SMILES string of the molecule is O=C(Nc1ccccc1)c1cc2cc3ccccc3cc2c(N=Nc2ccc(/C=C/C=C/C=C/C=C/c3ccc(N=Nc4c(O)c(C(=O)Nc5ccccc5)cc5cc6ccccc6cc45)cc3)cc2)c1O. The smallest absolute Gasteiger partial charge is 0.259 e. The van der Waals surface area contributed by atoms with Gasteiger partial charge in [-0.1, -0.05) is 158 Å². The molecular weight excluding hydrogens is 893 g/mol. The zero-order chi connectivity index (χ0) is 49.2. The van der Waals surface area contributed by atoms with Crippen LogP contribution in [0.3, 0.4) is 0 Å². The molecule has 0 aliphatic heterocycles. The molecular formula is C62H44N6O4. The van der Waals surface area contributed by atoms with Crippen molar-refractivity contribution in [3.8, 4) is 11.5 Å². The number of azo groups is 2. The average Bonchev–Trinajstić information content (AvgIpc) is 3.41. The normalized spacial score (nSPS) is 12.1. The highest BCUT2D eigenvalue weighted by Crippen LogP contribution is 2.43. The molecule has 0 fully saturated rings. The third-order valence-corrected chi connectivity index (χ3v) is 11.9. The molecule has 4 N–H and O–H groups in total. The lowest BCUT2D eigenvalue weighted by Crippen LogP contribution is -2.12. The van der Waals surface area contributed by atoms with E-state index in [2.05, 4.69) is 31.1 Å². The molecule has 0 saturated heterocycles. The summed E-state index contributed by atoms with van der Waals surface area (Å²) < 4.78 is 0. The van der Waals surface area contributed by atoms with Crippen LogP contribution >= 0.6 is 0 Å². The summed E-state index contributed by atoms with van der Waals surface area (Å²) in [5, 5.41) is 53.4. The Bertz CT molecular complexity index is 3590. The Kier molecular flexibility index (Phi) is 13.4. The second-order valence-corrected chi connectivity index (χ2v) is 16.8. The molecule has 0 unspecified atom stereocenters. The van der Waals surface area contributed by atoms with E-state index in [1.54, 1.807) is 36.4 Å². The Labute approximate surface area is 414 Å². The Morgan fingerprint density at radius 1 is 0.361 bits per heavy atom. The van der Waals surface area contributed by atoms with Gasteiger partial charge in [0.2, 0.25) is 0 Å². The molecule has 0 saturated carbocycles. The van der Waals surface area contributed by atoms with Gasteiger partial charge in [0, 0.05) is 22.1 Å². The van der Waals surface area contributed by atoms with Gasteiger partial charge in [-0.15, -0.1) is 10.2 Å². The molecule has 72 heavy (non-hydrogen) atoms. The first-order valence-corrected chi connectivity index (χ1v) is 23.1. The average molecular weight is 937 g/mol. The number of benzene rings is 10. The maximum atomic E-state index is 13.4. The number of nitrogens with one attached hydrogen (secondary N) is 2. The Balaban J connectivity index is 0.774. The summed E-state index contributed by atoms with van der Waals surface area (Å²) in [5.74, 6) is -1.41. The molecule has 10 heteroatoms. The fourth-order valence-corrected chi connectivity index (χ4v) is 8.22. The van der Waals surface area contributed by atoms with Gasteiger partial charge < -0.3 is 20.8 Å². The monoisotopic (exact) mass is 936 g/mol. The number of allylic oxidation sites excluding steroid dienone is 6. The van der Waals surface area contributed by atoms with Crippen LogP contribution in [0.5, 0.6) is 11.5 Å². The molecule has 10 aromatic carbocycles. The molecule has 2 amide bonds. The minimum atomic E-state index is -0.453. The summed E-state index contributed by atoms with van der Waals surface area (Å²) in [7, 11) is 0. The highest BCUT2D eigenvalue weighted by molar-refractivity contribution is 6.15. The quantitative estimate of drug-likeness (QED) is 0.0517. The van der Waals surface area contributed by atoms with Crippen molar-refractivity contribution < 1.29 is 19.8 Å². The fourth-order valence-electron chi connectivity index (χ4n) is 8.22. The molecule has 0 heterocycles. The van der Waals surface area contributed by atoms with Gasteiger partial charge in [0.05, 0.1) is 22.5 Å². The van der Waals surface area contributed by atoms with Crippen molar-refractivity contribution in [2.45, 2.75) is 0 Å². The van der Waals surface area contributed by atoms with Gasteiger partial charge in [0.25, 0.3) is 11.8 Å². The van der Waals surface area contributed by atoms with Gasteiger partial charge in [0.15, 0.2) is 11.5 Å². The van der Waals surface area contributed by atoms with Gasteiger partial charge in [0.1, 0.15) is 11.4 Å². The first kappa shape index (κ1) is 45.7. The Morgan fingerprint density at radius 3 is 1.10 bits per heavy atom. The van der Waals surface area contributed by atoms with Crippen LogP contribution in [0, 0.1) is 0 Å². The van der Waals surface area contributed by atoms with E-state index < -0.39 is 11.8 Å². The molecule has 0 aliphatic carbocycles. The second-order valence-electron chi connectivity index (χ2n) is 16.8. The van der Waals surface area contributed by atoms with Crippen LogP contribution in [0.2, 0.25) is 0 Å². The number of carbonyl (C=O) groups is 2. The lowest BCUT2D eigenvalue weighted by molar-refractivity contribution is 0.101. The maximum Gasteiger partial charge on any atom is 0.259 e. The number of phenolic OH excluding ortho intramolecular Hbond substituents is 2. The third kappa shape index (κ3) is 10.5. The van der Waals surface area contributed by atoms with E-state index in [0.717, 1.165) is 43.4 Å². The van der Waals surface area contributed by atoms with Gasteiger partial charge in [-0.3, -0.25) is 9.59 Å². The van der Waals surface area contributed by atoms with Crippen molar-refractivity contribution >= 4 is 101 Å². The predicted octanol–water partition coefficient (Wildman–Crippen LogP) is 16.9. The van der Waals surface area contributed by atoms with E-state index in [-0.39, 0.29) is 34.0 Å². The van der Waals surface area contributed by atoms with Crippen molar-refractivity contribution in [3.05, 3.63) is 253 Å². The van der Waals surface area contributed by atoms with E-state index in [9.17, 15) is 19.8 Å². The number of fused-ring (bicyclic) bond motifs is 4. The summed E-state index contributed by atoms with van der Waals surface area (Å²) in [5.41, 5.74) is 4.93. The molecule has 0 aromatic heterocycles. The molecule has 0 atom stereocenters. The van der Waals surface area contributed by atoms with Crippen LogP contribution in [0.1, 0.15) is 31.8 Å². The van der Waals surface area contributed by atoms with E-state index in [1.807, 2.05) is 206 Å². The second kappa shape index (κ2) is 21.1. The zero-order valence-corrected chi connectivity index (χ0v) is 38.6. The minimum Gasteiger partial charge on any atom is -0.505 e. The summed E-state index contributed by atoms with van der Waals surface area (Å²) in [6, 6.07) is 60.3. The summed E-state index contributed by atoms with van der Waals surface area (Å²) in [4.78, 5) is 26.8. The van der Waals surface area contributed by atoms with E-state index in [4.69, 9.17) is 0 Å². The Hall–Kier alpha value is -10.1. The van der Waals surface area contributed by atoms with E-state index in [0.29, 0.717) is 33.5 Å². The minimum absolute atomic E-state index is 0.0979. The molecule has 346 valence electrons.